The first kappa shape index (κ1) is 24.6. The van der Waals surface area contributed by atoms with Gasteiger partial charge in [0, 0.05) is 22.3 Å². The van der Waals surface area contributed by atoms with Crippen molar-refractivity contribution in [2.24, 2.45) is 0 Å². The van der Waals surface area contributed by atoms with Crippen molar-refractivity contribution in [1.82, 2.24) is 10.6 Å². The van der Waals surface area contributed by atoms with Crippen LogP contribution in [0.2, 0.25) is 10.0 Å². The topological polar surface area (TPSA) is 99.7 Å². The molecular formula is C24H26Cl2FN3O4. The van der Waals surface area contributed by atoms with Crippen molar-refractivity contribution >= 4 is 40.7 Å². The maximum Gasteiger partial charge on any atom is 0.258 e. The summed E-state index contributed by atoms with van der Waals surface area (Å²) in [6.45, 7) is -0.211. The minimum Gasteiger partial charge on any atom is -0.484 e. The van der Waals surface area contributed by atoms with E-state index >= 15 is 0 Å². The fourth-order valence-corrected chi connectivity index (χ4v) is 5.02. The number of fused-ring (bicyclic) bond motifs is 3. The lowest BCUT2D eigenvalue weighted by Crippen LogP contribution is -2.70. The van der Waals surface area contributed by atoms with Gasteiger partial charge in [-0.05, 0) is 68.5 Å². The summed E-state index contributed by atoms with van der Waals surface area (Å²) in [6, 6.07) is 11.0. The van der Waals surface area contributed by atoms with Gasteiger partial charge in [0.25, 0.3) is 5.91 Å². The molecule has 0 radical (unpaired) electrons. The van der Waals surface area contributed by atoms with Gasteiger partial charge in [-0.2, -0.15) is 0 Å². The van der Waals surface area contributed by atoms with Crippen LogP contribution >= 0.6 is 23.2 Å². The van der Waals surface area contributed by atoms with Gasteiger partial charge in [0.15, 0.2) is 6.61 Å². The maximum atomic E-state index is 13.5. The lowest BCUT2D eigenvalue weighted by Gasteiger charge is -2.56. The zero-order valence-electron chi connectivity index (χ0n) is 18.4. The smallest absolute Gasteiger partial charge is 0.258 e. The highest BCUT2D eigenvalue weighted by Gasteiger charge is 2.55. The first-order valence-corrected chi connectivity index (χ1v) is 11.8. The van der Waals surface area contributed by atoms with Crippen LogP contribution < -0.4 is 20.7 Å². The van der Waals surface area contributed by atoms with E-state index in [0.29, 0.717) is 37.1 Å². The Balaban J connectivity index is 1.27. The van der Waals surface area contributed by atoms with Crippen molar-refractivity contribution in [3.8, 4) is 5.75 Å². The highest BCUT2D eigenvalue weighted by Crippen LogP contribution is 2.47. The highest BCUT2D eigenvalue weighted by molar-refractivity contribution is 6.31. The van der Waals surface area contributed by atoms with Crippen LogP contribution in [0.1, 0.15) is 32.1 Å². The maximum absolute atomic E-state index is 13.5. The van der Waals surface area contributed by atoms with E-state index in [1.165, 1.54) is 12.1 Å². The van der Waals surface area contributed by atoms with Crippen LogP contribution in [0.15, 0.2) is 42.5 Å². The van der Waals surface area contributed by atoms with Crippen molar-refractivity contribution in [3.05, 3.63) is 58.3 Å². The van der Waals surface area contributed by atoms with Crippen LogP contribution in [0.3, 0.4) is 0 Å². The van der Waals surface area contributed by atoms with Gasteiger partial charge in [0.2, 0.25) is 5.91 Å². The summed E-state index contributed by atoms with van der Waals surface area (Å²) in [4.78, 5) is 25.1. The number of nitrogens with one attached hydrogen (secondary N) is 3. The van der Waals surface area contributed by atoms with Crippen molar-refractivity contribution in [2.45, 2.75) is 49.3 Å². The quantitative estimate of drug-likeness (QED) is 0.435. The molecule has 2 aromatic carbocycles. The molecule has 3 aliphatic carbocycles. The minimum atomic E-state index is -0.791. The molecule has 2 bridgehead atoms. The van der Waals surface area contributed by atoms with Gasteiger partial charge in [-0.25, -0.2) is 4.39 Å². The van der Waals surface area contributed by atoms with Gasteiger partial charge in [0.05, 0.1) is 23.2 Å². The van der Waals surface area contributed by atoms with Crippen molar-refractivity contribution < 1.29 is 23.8 Å². The molecule has 4 N–H and O–H groups in total. The van der Waals surface area contributed by atoms with E-state index in [1.54, 1.807) is 24.3 Å². The molecule has 0 heterocycles. The number of ether oxygens (including phenoxy) is 1. The number of halogens is 3. The summed E-state index contributed by atoms with van der Waals surface area (Å²) < 4.78 is 18.9. The molecule has 34 heavy (non-hydrogen) atoms. The number of carbonyl (C=O) groups is 2. The molecule has 0 saturated heterocycles. The molecule has 2 amide bonds. The molecule has 10 heteroatoms. The Bertz CT molecular complexity index is 1060. The van der Waals surface area contributed by atoms with Crippen LogP contribution in [0.5, 0.6) is 5.75 Å². The third kappa shape index (κ3) is 5.56. The minimum absolute atomic E-state index is 0.0228. The average molecular weight is 510 g/mol. The van der Waals surface area contributed by atoms with Crippen LogP contribution in [-0.4, -0.2) is 47.3 Å². The van der Waals surface area contributed by atoms with Crippen molar-refractivity contribution in [1.29, 1.82) is 0 Å². The molecule has 0 unspecified atom stereocenters. The Morgan fingerprint density at radius 2 is 1.74 bits per heavy atom. The summed E-state index contributed by atoms with van der Waals surface area (Å²) in [7, 11) is 0. The van der Waals surface area contributed by atoms with E-state index in [-0.39, 0.29) is 35.7 Å². The lowest BCUT2D eigenvalue weighted by molar-refractivity contribution is -0.135. The first-order valence-electron chi connectivity index (χ1n) is 11.1. The predicted octanol–water partition coefficient (Wildman–Crippen LogP) is 3.67. The fraction of sp³-hybridized carbons (Fsp3) is 0.417. The summed E-state index contributed by atoms with van der Waals surface area (Å²) >= 11 is 11.5. The highest BCUT2D eigenvalue weighted by atomic mass is 35.5. The van der Waals surface area contributed by atoms with Gasteiger partial charge in [-0.3, -0.25) is 9.59 Å². The third-order valence-electron chi connectivity index (χ3n) is 6.67. The summed E-state index contributed by atoms with van der Waals surface area (Å²) in [5, 5.41) is 20.5. The number of aliphatic hydroxyl groups is 1. The second-order valence-corrected chi connectivity index (χ2v) is 9.82. The largest absolute Gasteiger partial charge is 0.484 e. The van der Waals surface area contributed by atoms with Crippen molar-refractivity contribution in [2.75, 3.05) is 18.5 Å². The second kappa shape index (κ2) is 9.98. The summed E-state index contributed by atoms with van der Waals surface area (Å²) in [6.07, 6.45) is 1.88. The Morgan fingerprint density at radius 1 is 1.03 bits per heavy atom. The molecule has 0 aliphatic heterocycles. The number of aliphatic hydroxyl groups excluding tert-OH is 1. The summed E-state index contributed by atoms with van der Waals surface area (Å²) in [5.41, 5.74) is -0.489. The fourth-order valence-electron chi connectivity index (χ4n) is 4.78. The number of rotatable bonds is 8. The molecule has 3 fully saturated rings. The second-order valence-electron chi connectivity index (χ2n) is 8.98. The third-order valence-corrected chi connectivity index (χ3v) is 7.23. The van der Waals surface area contributed by atoms with E-state index < -0.39 is 23.0 Å². The van der Waals surface area contributed by atoms with E-state index in [1.807, 2.05) is 0 Å². The van der Waals surface area contributed by atoms with E-state index in [2.05, 4.69) is 16.0 Å². The zero-order chi connectivity index (χ0) is 24.3. The van der Waals surface area contributed by atoms with Crippen LogP contribution in [0, 0.1) is 5.82 Å². The molecule has 182 valence electrons. The Labute approximate surface area is 207 Å². The SMILES string of the molecule is O=C(COc1ccc(Cl)c(F)c1)NC12CCC(NC(=O)CNc3ccc(Cl)cc3)(CC1)[C@@H](O)C2. The molecule has 2 aromatic rings. The Hall–Kier alpha value is -2.55. The number of carbonyl (C=O) groups excluding carboxylic acids is 2. The average Bonchev–Trinajstić information content (AvgIpc) is 2.81. The molecule has 3 aliphatic rings. The standard InChI is InChI=1S/C24H26Cl2FN3O4/c25-15-1-3-16(4-2-15)28-13-21(32)30-24-9-7-23(8-10-24,12-20(24)31)29-22(33)14-34-17-5-6-18(26)19(27)11-17/h1-6,11,20,28,31H,7-10,12-14H2,(H,29,33)(H,30,32)/t20-,23?,24?/m0/s1. The lowest BCUT2D eigenvalue weighted by atomic mass is 9.60. The van der Waals surface area contributed by atoms with Crippen LogP contribution in [-0.2, 0) is 9.59 Å². The number of amides is 2. The molecule has 1 atom stereocenters. The molecular weight excluding hydrogens is 484 g/mol. The van der Waals surface area contributed by atoms with E-state index in [4.69, 9.17) is 27.9 Å². The molecule has 3 saturated carbocycles. The van der Waals surface area contributed by atoms with E-state index in [9.17, 15) is 19.1 Å². The number of anilines is 1. The Morgan fingerprint density at radius 3 is 2.38 bits per heavy atom. The van der Waals surface area contributed by atoms with Gasteiger partial charge >= 0.3 is 0 Å². The van der Waals surface area contributed by atoms with E-state index in [0.717, 1.165) is 11.8 Å². The number of hydrogen-bond donors (Lipinski definition) is 4. The first-order chi connectivity index (χ1) is 16.2. The molecule has 0 spiro atoms. The van der Waals surface area contributed by atoms with Crippen LogP contribution in [0.25, 0.3) is 0 Å². The van der Waals surface area contributed by atoms with Gasteiger partial charge in [-0.1, -0.05) is 23.2 Å². The Kier molecular flexibility index (Phi) is 7.21. The number of benzene rings is 2. The number of hydrogen-bond acceptors (Lipinski definition) is 5. The van der Waals surface area contributed by atoms with Crippen LogP contribution in [0.4, 0.5) is 10.1 Å². The normalized spacial score (nSPS) is 25.5. The van der Waals surface area contributed by atoms with Gasteiger partial charge in [-0.15, -0.1) is 0 Å². The molecule has 7 nitrogen and oxygen atoms in total. The molecule has 5 rings (SSSR count). The zero-order valence-corrected chi connectivity index (χ0v) is 19.9. The van der Waals surface area contributed by atoms with Gasteiger partial charge < -0.3 is 25.8 Å². The molecule has 0 aromatic heterocycles. The van der Waals surface area contributed by atoms with Gasteiger partial charge in [0.1, 0.15) is 11.6 Å². The predicted molar refractivity (Wildman–Crippen MR) is 128 cm³/mol. The van der Waals surface area contributed by atoms with Crippen molar-refractivity contribution in [3.63, 3.8) is 0 Å². The monoisotopic (exact) mass is 509 g/mol. The summed E-state index contributed by atoms with van der Waals surface area (Å²) in [5.74, 6) is -0.984.